The van der Waals surface area contributed by atoms with Gasteiger partial charge in [-0.3, -0.25) is 9.69 Å². The second kappa shape index (κ2) is 5.15. The highest BCUT2D eigenvalue weighted by Crippen LogP contribution is 2.32. The number of fused-ring (bicyclic) bond motifs is 1. The maximum atomic E-state index is 12.2. The summed E-state index contributed by atoms with van der Waals surface area (Å²) < 4.78 is 5.51. The molecule has 1 atom stereocenters. The van der Waals surface area contributed by atoms with Crippen molar-refractivity contribution in [3.05, 3.63) is 64.7 Å². The van der Waals surface area contributed by atoms with E-state index in [1.165, 1.54) is 4.90 Å². The SMILES string of the molecule is O=C1c2ccccc2C(O)N1COc1ccccc1Cl. The molecule has 1 N–H and O–H groups in total. The number of hydrogen-bond acceptors (Lipinski definition) is 3. The molecule has 0 radical (unpaired) electrons. The van der Waals surface area contributed by atoms with Gasteiger partial charge in [0.05, 0.1) is 5.02 Å². The van der Waals surface area contributed by atoms with Crippen LogP contribution in [-0.4, -0.2) is 22.6 Å². The van der Waals surface area contributed by atoms with Crippen molar-refractivity contribution in [2.45, 2.75) is 6.23 Å². The number of nitrogens with zero attached hydrogens (tertiary/aromatic N) is 1. The average molecular weight is 290 g/mol. The van der Waals surface area contributed by atoms with Crippen LogP contribution in [-0.2, 0) is 0 Å². The van der Waals surface area contributed by atoms with Crippen LogP contribution in [0.2, 0.25) is 5.02 Å². The summed E-state index contributed by atoms with van der Waals surface area (Å²) in [5.41, 5.74) is 1.10. The second-order valence-electron chi connectivity index (χ2n) is 4.44. The van der Waals surface area contributed by atoms with Gasteiger partial charge in [-0.2, -0.15) is 0 Å². The van der Waals surface area contributed by atoms with Gasteiger partial charge >= 0.3 is 0 Å². The van der Waals surface area contributed by atoms with Crippen LogP contribution in [0.1, 0.15) is 22.1 Å². The van der Waals surface area contributed by atoms with Crippen molar-refractivity contribution in [2.24, 2.45) is 0 Å². The second-order valence-corrected chi connectivity index (χ2v) is 4.85. The van der Waals surface area contributed by atoms with Gasteiger partial charge in [0.15, 0.2) is 13.0 Å². The molecule has 1 aliphatic heterocycles. The van der Waals surface area contributed by atoms with Gasteiger partial charge in [-0.1, -0.05) is 41.9 Å². The van der Waals surface area contributed by atoms with Crippen molar-refractivity contribution in [1.29, 1.82) is 0 Å². The summed E-state index contributed by atoms with van der Waals surface area (Å²) in [6.07, 6.45) is -0.985. The smallest absolute Gasteiger partial charge is 0.259 e. The molecule has 0 fully saturated rings. The molecule has 102 valence electrons. The van der Waals surface area contributed by atoms with E-state index in [0.717, 1.165) is 0 Å². The molecule has 4 nitrogen and oxygen atoms in total. The zero-order valence-corrected chi connectivity index (χ0v) is 11.2. The molecule has 0 saturated heterocycles. The fourth-order valence-corrected chi connectivity index (χ4v) is 2.37. The lowest BCUT2D eigenvalue weighted by Crippen LogP contribution is -2.31. The van der Waals surface area contributed by atoms with Crippen molar-refractivity contribution < 1.29 is 14.6 Å². The van der Waals surface area contributed by atoms with E-state index in [1.807, 2.05) is 0 Å². The van der Waals surface area contributed by atoms with Gasteiger partial charge < -0.3 is 9.84 Å². The zero-order chi connectivity index (χ0) is 14.1. The molecule has 1 aliphatic rings. The van der Waals surface area contributed by atoms with Crippen LogP contribution >= 0.6 is 11.6 Å². The number of benzene rings is 2. The fourth-order valence-electron chi connectivity index (χ4n) is 2.18. The summed E-state index contributed by atoms with van der Waals surface area (Å²) in [6, 6.07) is 14.0. The lowest BCUT2D eigenvalue weighted by atomic mass is 10.1. The van der Waals surface area contributed by atoms with E-state index in [4.69, 9.17) is 16.3 Å². The maximum absolute atomic E-state index is 12.2. The van der Waals surface area contributed by atoms with Crippen molar-refractivity contribution >= 4 is 17.5 Å². The Hall–Kier alpha value is -2.04. The van der Waals surface area contributed by atoms with E-state index < -0.39 is 6.23 Å². The highest BCUT2D eigenvalue weighted by atomic mass is 35.5. The largest absolute Gasteiger partial charge is 0.471 e. The first kappa shape index (κ1) is 13.0. The Bertz CT molecular complexity index is 659. The van der Waals surface area contributed by atoms with Crippen molar-refractivity contribution in [3.63, 3.8) is 0 Å². The summed E-state index contributed by atoms with van der Waals surface area (Å²) in [7, 11) is 0. The molecule has 1 amide bonds. The van der Waals surface area contributed by atoms with Gasteiger partial charge in [-0.25, -0.2) is 0 Å². The molecule has 0 aliphatic carbocycles. The minimum absolute atomic E-state index is 0.0571. The Kier molecular flexibility index (Phi) is 3.34. The Morgan fingerprint density at radius 1 is 1.15 bits per heavy atom. The van der Waals surface area contributed by atoms with Gasteiger partial charge in [-0.15, -0.1) is 0 Å². The summed E-state index contributed by atoms with van der Waals surface area (Å²) in [4.78, 5) is 13.4. The standard InChI is InChI=1S/C15H12ClNO3/c16-12-7-3-4-8-13(12)20-9-17-14(18)10-5-1-2-6-11(10)15(17)19/h1-8,14,18H,9H2. The lowest BCUT2D eigenvalue weighted by molar-refractivity contribution is -0.0141. The zero-order valence-electron chi connectivity index (χ0n) is 10.5. The minimum atomic E-state index is -0.985. The summed E-state index contributed by atoms with van der Waals surface area (Å²) >= 11 is 5.98. The Morgan fingerprint density at radius 3 is 2.60 bits per heavy atom. The molecule has 3 rings (SSSR count). The molecule has 0 saturated carbocycles. The molecule has 2 aromatic carbocycles. The number of amides is 1. The first-order chi connectivity index (χ1) is 9.68. The van der Waals surface area contributed by atoms with E-state index in [1.54, 1.807) is 48.5 Å². The number of hydrogen-bond donors (Lipinski definition) is 1. The quantitative estimate of drug-likeness (QED) is 0.945. The van der Waals surface area contributed by atoms with Gasteiger partial charge in [0, 0.05) is 11.1 Å². The molecular weight excluding hydrogens is 278 g/mol. The van der Waals surface area contributed by atoms with Crippen LogP contribution in [0.4, 0.5) is 0 Å². The summed E-state index contributed by atoms with van der Waals surface area (Å²) in [5, 5.41) is 10.6. The van der Waals surface area contributed by atoms with Crippen molar-refractivity contribution in [2.75, 3.05) is 6.73 Å². The van der Waals surface area contributed by atoms with E-state index in [0.29, 0.717) is 21.9 Å². The number of ether oxygens (including phenoxy) is 1. The van der Waals surface area contributed by atoms with E-state index in [-0.39, 0.29) is 12.6 Å². The summed E-state index contributed by atoms with van der Waals surface area (Å²) in [6.45, 7) is -0.0571. The number of carbonyl (C=O) groups excluding carboxylic acids is 1. The van der Waals surface area contributed by atoms with Crippen LogP contribution in [0, 0.1) is 0 Å². The van der Waals surface area contributed by atoms with Crippen LogP contribution in [0.5, 0.6) is 5.75 Å². The van der Waals surface area contributed by atoms with Gasteiger partial charge in [0.2, 0.25) is 0 Å². The number of halogens is 1. The first-order valence-corrected chi connectivity index (χ1v) is 6.51. The number of carbonyl (C=O) groups is 1. The normalized spacial score (nSPS) is 17.2. The Labute approximate surface area is 121 Å². The summed E-state index contributed by atoms with van der Waals surface area (Å²) in [5.74, 6) is 0.227. The molecule has 1 heterocycles. The number of para-hydroxylation sites is 1. The van der Waals surface area contributed by atoms with Crippen LogP contribution in [0.15, 0.2) is 48.5 Å². The van der Waals surface area contributed by atoms with Crippen LogP contribution < -0.4 is 4.74 Å². The first-order valence-electron chi connectivity index (χ1n) is 6.14. The maximum Gasteiger partial charge on any atom is 0.259 e. The fraction of sp³-hybridized carbons (Fsp3) is 0.133. The van der Waals surface area contributed by atoms with Crippen molar-refractivity contribution in [3.8, 4) is 5.75 Å². The van der Waals surface area contributed by atoms with Crippen LogP contribution in [0.3, 0.4) is 0 Å². The third-order valence-corrected chi connectivity index (χ3v) is 3.53. The molecular formula is C15H12ClNO3. The average Bonchev–Trinajstić information content (AvgIpc) is 2.71. The molecule has 0 spiro atoms. The highest BCUT2D eigenvalue weighted by Gasteiger charge is 2.35. The van der Waals surface area contributed by atoms with Gasteiger partial charge in [0.1, 0.15) is 5.75 Å². The number of aliphatic hydroxyl groups is 1. The lowest BCUT2D eigenvalue weighted by Gasteiger charge is -2.21. The number of aliphatic hydroxyl groups excluding tert-OH is 1. The van der Waals surface area contributed by atoms with Crippen molar-refractivity contribution in [1.82, 2.24) is 4.90 Å². The third-order valence-electron chi connectivity index (χ3n) is 3.22. The third kappa shape index (κ3) is 2.13. The van der Waals surface area contributed by atoms with E-state index in [2.05, 4.69) is 0 Å². The molecule has 1 unspecified atom stereocenters. The Morgan fingerprint density at radius 2 is 1.85 bits per heavy atom. The predicted octanol–water partition coefficient (Wildman–Crippen LogP) is 2.82. The molecule has 20 heavy (non-hydrogen) atoms. The van der Waals surface area contributed by atoms with Crippen LogP contribution in [0.25, 0.3) is 0 Å². The number of rotatable bonds is 3. The Balaban J connectivity index is 1.77. The molecule has 2 aromatic rings. The van der Waals surface area contributed by atoms with E-state index >= 15 is 0 Å². The monoisotopic (exact) mass is 289 g/mol. The van der Waals surface area contributed by atoms with Gasteiger partial charge in [-0.05, 0) is 18.2 Å². The molecule has 0 bridgehead atoms. The molecule has 5 heteroatoms. The highest BCUT2D eigenvalue weighted by molar-refractivity contribution is 6.32. The topological polar surface area (TPSA) is 49.8 Å². The molecule has 0 aromatic heterocycles. The van der Waals surface area contributed by atoms with E-state index in [9.17, 15) is 9.90 Å². The minimum Gasteiger partial charge on any atom is -0.471 e. The predicted molar refractivity (Wildman–Crippen MR) is 74.5 cm³/mol. The van der Waals surface area contributed by atoms with Gasteiger partial charge in [0.25, 0.3) is 5.91 Å².